The summed E-state index contributed by atoms with van der Waals surface area (Å²) < 4.78 is 8.95. The molecule has 0 bridgehead atoms. The van der Waals surface area contributed by atoms with Crippen molar-refractivity contribution >= 4 is 23.4 Å². The molecule has 4 rings (SSSR count). The highest BCUT2D eigenvalue weighted by atomic mass is 32.2. The summed E-state index contributed by atoms with van der Waals surface area (Å²) in [6.45, 7) is 3.79. The van der Waals surface area contributed by atoms with Crippen molar-refractivity contribution < 1.29 is 9.53 Å². The minimum atomic E-state index is -0.135. The molecule has 32 heavy (non-hydrogen) atoms. The van der Waals surface area contributed by atoms with E-state index in [4.69, 9.17) is 4.74 Å². The summed E-state index contributed by atoms with van der Waals surface area (Å²) >= 11 is 1.32. The number of anilines is 1. The molecule has 0 aliphatic rings. The highest BCUT2D eigenvalue weighted by Crippen LogP contribution is 2.29. The molecule has 3 heterocycles. The van der Waals surface area contributed by atoms with Gasteiger partial charge in [0.15, 0.2) is 11.0 Å². The Bertz CT molecular complexity index is 1230. The van der Waals surface area contributed by atoms with Crippen LogP contribution >= 0.6 is 11.8 Å². The van der Waals surface area contributed by atoms with Crippen molar-refractivity contribution in [1.82, 2.24) is 29.5 Å². The van der Waals surface area contributed by atoms with Gasteiger partial charge in [-0.3, -0.25) is 19.0 Å². The topological polar surface area (TPSA) is 99.8 Å². The molecule has 0 spiro atoms. The molecule has 1 aromatic carbocycles. The largest absolute Gasteiger partial charge is 0.497 e. The number of amides is 1. The molecule has 0 atom stereocenters. The highest BCUT2D eigenvalue weighted by Gasteiger charge is 2.18. The van der Waals surface area contributed by atoms with Crippen molar-refractivity contribution in [3.8, 4) is 22.8 Å². The van der Waals surface area contributed by atoms with E-state index >= 15 is 0 Å². The number of nitrogens with one attached hydrogen (secondary N) is 1. The fraction of sp³-hybridized carbons (Fsp3) is 0.227. The number of pyridine rings is 1. The molecule has 4 aromatic rings. The Morgan fingerprint density at radius 3 is 2.44 bits per heavy atom. The van der Waals surface area contributed by atoms with Gasteiger partial charge in [-0.25, -0.2) is 0 Å². The molecule has 0 saturated carbocycles. The number of carbonyl (C=O) groups is 1. The Hall–Kier alpha value is -3.66. The lowest BCUT2D eigenvalue weighted by Gasteiger charge is -2.11. The van der Waals surface area contributed by atoms with Crippen molar-refractivity contribution in [3.05, 3.63) is 60.2 Å². The molecular weight excluding hydrogens is 426 g/mol. The van der Waals surface area contributed by atoms with Crippen molar-refractivity contribution in [2.75, 3.05) is 18.2 Å². The van der Waals surface area contributed by atoms with Crippen LogP contribution in [0.25, 0.3) is 17.1 Å². The third-order valence-corrected chi connectivity index (χ3v) is 5.94. The van der Waals surface area contributed by atoms with Crippen LogP contribution in [0.4, 0.5) is 5.69 Å². The summed E-state index contributed by atoms with van der Waals surface area (Å²) in [5.74, 6) is 1.46. The van der Waals surface area contributed by atoms with Gasteiger partial charge in [0.2, 0.25) is 5.91 Å². The predicted molar refractivity (Wildman–Crippen MR) is 123 cm³/mol. The fourth-order valence-corrected chi connectivity index (χ4v) is 4.03. The quantitative estimate of drug-likeness (QED) is 0.432. The van der Waals surface area contributed by atoms with Gasteiger partial charge >= 0.3 is 0 Å². The summed E-state index contributed by atoms with van der Waals surface area (Å²) in [5, 5.41) is 16.6. The number of benzene rings is 1. The third kappa shape index (κ3) is 4.35. The van der Waals surface area contributed by atoms with Crippen molar-refractivity contribution in [2.45, 2.75) is 19.0 Å². The average molecular weight is 450 g/mol. The van der Waals surface area contributed by atoms with E-state index in [2.05, 4.69) is 25.6 Å². The molecule has 10 heteroatoms. The lowest BCUT2D eigenvalue weighted by molar-refractivity contribution is -0.113. The number of methoxy groups -OCH3 is 1. The number of aromatic nitrogens is 6. The maximum atomic E-state index is 12.7. The van der Waals surface area contributed by atoms with E-state index in [1.165, 1.54) is 11.8 Å². The molecule has 0 unspecified atom stereocenters. The first-order chi connectivity index (χ1) is 15.5. The number of ether oxygens (including phenoxy) is 1. The molecular formula is C22H23N7O2S. The molecule has 0 aliphatic heterocycles. The zero-order chi connectivity index (χ0) is 22.7. The number of thioether (sulfide) groups is 1. The molecule has 164 valence electrons. The van der Waals surface area contributed by atoms with Crippen molar-refractivity contribution in [3.63, 3.8) is 0 Å². The van der Waals surface area contributed by atoms with Gasteiger partial charge < -0.3 is 10.1 Å². The van der Waals surface area contributed by atoms with Crippen LogP contribution in [0.2, 0.25) is 0 Å². The first kappa shape index (κ1) is 21.6. The Balaban J connectivity index is 1.60. The molecule has 0 radical (unpaired) electrons. The van der Waals surface area contributed by atoms with Gasteiger partial charge in [-0.15, -0.1) is 10.2 Å². The lowest BCUT2D eigenvalue weighted by atomic mass is 10.2. The smallest absolute Gasteiger partial charge is 0.234 e. The Kier molecular flexibility index (Phi) is 6.22. The van der Waals surface area contributed by atoms with E-state index in [1.54, 1.807) is 24.2 Å². The zero-order valence-corrected chi connectivity index (χ0v) is 19.1. The van der Waals surface area contributed by atoms with Crippen molar-refractivity contribution in [1.29, 1.82) is 0 Å². The van der Waals surface area contributed by atoms with Crippen LogP contribution in [0.3, 0.4) is 0 Å². The number of carbonyl (C=O) groups excluding carboxylic acids is 1. The van der Waals surface area contributed by atoms with Gasteiger partial charge in [-0.05, 0) is 50.2 Å². The molecule has 9 nitrogen and oxygen atoms in total. The zero-order valence-electron chi connectivity index (χ0n) is 18.2. The number of hydrogen-bond donors (Lipinski definition) is 1. The Labute approximate surface area is 189 Å². The van der Waals surface area contributed by atoms with Crippen LogP contribution in [0, 0.1) is 13.8 Å². The van der Waals surface area contributed by atoms with Gasteiger partial charge in [0, 0.05) is 30.7 Å². The van der Waals surface area contributed by atoms with Gasteiger partial charge in [-0.2, -0.15) is 5.10 Å². The maximum Gasteiger partial charge on any atom is 0.234 e. The van der Waals surface area contributed by atoms with E-state index in [-0.39, 0.29) is 11.7 Å². The van der Waals surface area contributed by atoms with E-state index in [0.717, 1.165) is 34.1 Å². The molecule has 0 saturated heterocycles. The first-order valence-corrected chi connectivity index (χ1v) is 10.9. The van der Waals surface area contributed by atoms with Gasteiger partial charge in [0.1, 0.15) is 5.75 Å². The predicted octanol–water partition coefficient (Wildman–Crippen LogP) is 3.42. The second-order valence-corrected chi connectivity index (χ2v) is 8.02. The number of rotatable bonds is 7. The number of aryl methyl sites for hydroxylation is 2. The SMILES string of the molecule is COc1ccc(-n2c(SCC(=O)Nc3c(C)nn(C)c3C)nnc2-c2ccncc2)cc1. The third-order valence-electron chi connectivity index (χ3n) is 5.01. The van der Waals surface area contributed by atoms with E-state index < -0.39 is 0 Å². The summed E-state index contributed by atoms with van der Waals surface area (Å²) in [6, 6.07) is 11.4. The summed E-state index contributed by atoms with van der Waals surface area (Å²) in [4.78, 5) is 16.7. The lowest BCUT2D eigenvalue weighted by Crippen LogP contribution is -2.15. The summed E-state index contributed by atoms with van der Waals surface area (Å²) in [5.41, 5.74) is 4.17. The van der Waals surface area contributed by atoms with Gasteiger partial charge in [-0.1, -0.05) is 11.8 Å². The maximum absolute atomic E-state index is 12.7. The molecule has 0 aliphatic carbocycles. The second kappa shape index (κ2) is 9.23. The van der Waals surface area contributed by atoms with Crippen LogP contribution in [0.5, 0.6) is 5.75 Å². The summed E-state index contributed by atoms with van der Waals surface area (Å²) in [6.07, 6.45) is 3.42. The minimum Gasteiger partial charge on any atom is -0.497 e. The monoisotopic (exact) mass is 449 g/mol. The van der Waals surface area contributed by atoms with Crippen molar-refractivity contribution in [2.24, 2.45) is 7.05 Å². The molecule has 3 aromatic heterocycles. The van der Waals surface area contributed by atoms with E-state index in [0.29, 0.717) is 11.0 Å². The number of hydrogen-bond acceptors (Lipinski definition) is 7. The Morgan fingerprint density at radius 2 is 1.81 bits per heavy atom. The van der Waals surface area contributed by atoms with Crippen LogP contribution in [-0.4, -0.2) is 48.3 Å². The summed E-state index contributed by atoms with van der Waals surface area (Å²) in [7, 11) is 3.48. The molecule has 0 fully saturated rings. The fourth-order valence-electron chi connectivity index (χ4n) is 3.28. The number of nitrogens with zero attached hydrogens (tertiary/aromatic N) is 6. The Morgan fingerprint density at radius 1 is 1.09 bits per heavy atom. The first-order valence-electron chi connectivity index (χ1n) is 9.91. The highest BCUT2D eigenvalue weighted by molar-refractivity contribution is 7.99. The van der Waals surface area contributed by atoms with Crippen LogP contribution < -0.4 is 10.1 Å². The van der Waals surface area contributed by atoms with E-state index in [9.17, 15) is 4.79 Å². The second-order valence-electron chi connectivity index (χ2n) is 7.08. The molecule has 1 amide bonds. The standard InChI is InChI=1S/C22H23N7O2S/c1-14-20(15(2)28(3)27-14)24-19(30)13-32-22-26-25-21(16-9-11-23-12-10-16)29(22)17-5-7-18(31-4)8-6-17/h5-12H,13H2,1-4H3,(H,24,30). The van der Waals surface area contributed by atoms with Gasteiger partial charge in [0.25, 0.3) is 0 Å². The van der Waals surface area contributed by atoms with Crippen LogP contribution in [0.15, 0.2) is 53.9 Å². The van der Waals surface area contributed by atoms with Crippen LogP contribution in [0.1, 0.15) is 11.4 Å². The minimum absolute atomic E-state index is 0.135. The van der Waals surface area contributed by atoms with Crippen LogP contribution in [-0.2, 0) is 11.8 Å². The molecule has 1 N–H and O–H groups in total. The van der Waals surface area contributed by atoms with Gasteiger partial charge in [0.05, 0.1) is 29.9 Å². The van der Waals surface area contributed by atoms with E-state index in [1.807, 2.05) is 61.9 Å². The normalized spacial score (nSPS) is 10.9. The average Bonchev–Trinajstić information content (AvgIpc) is 3.34.